The molecule has 37 heavy (non-hydrogen) atoms. The van der Waals surface area contributed by atoms with Crippen molar-refractivity contribution < 1.29 is 4.79 Å². The van der Waals surface area contributed by atoms with Gasteiger partial charge in [0.1, 0.15) is 5.82 Å². The number of aryl methyl sites for hydroxylation is 2. The lowest BCUT2D eigenvalue weighted by molar-refractivity contribution is 0.0730. The van der Waals surface area contributed by atoms with Crippen molar-refractivity contribution in [2.45, 2.75) is 57.3 Å². The van der Waals surface area contributed by atoms with Crippen LogP contribution in [0.1, 0.15) is 57.8 Å². The molecule has 1 aromatic carbocycles. The molecule has 194 valence electrons. The van der Waals surface area contributed by atoms with Crippen LogP contribution in [0.4, 0.5) is 5.82 Å². The first-order chi connectivity index (χ1) is 17.8. The van der Waals surface area contributed by atoms with Gasteiger partial charge in [-0.3, -0.25) is 14.4 Å². The molecule has 10 heteroatoms. The van der Waals surface area contributed by atoms with E-state index >= 15 is 0 Å². The summed E-state index contributed by atoms with van der Waals surface area (Å²) in [5.41, 5.74) is 6.03. The van der Waals surface area contributed by atoms with Crippen LogP contribution in [-0.2, 0) is 38.0 Å². The van der Waals surface area contributed by atoms with E-state index in [1.54, 1.807) is 14.1 Å². The van der Waals surface area contributed by atoms with Crippen LogP contribution in [0.3, 0.4) is 0 Å². The molecule has 3 aliphatic rings. The largest absolute Gasteiger partial charge is 0.350 e. The van der Waals surface area contributed by atoms with E-state index in [4.69, 9.17) is 33.2 Å². The zero-order valence-electron chi connectivity index (χ0n) is 21.5. The van der Waals surface area contributed by atoms with Crippen LogP contribution >= 0.6 is 23.2 Å². The molecule has 1 aliphatic carbocycles. The second kappa shape index (κ2) is 9.26. The first-order valence-corrected chi connectivity index (χ1v) is 13.6. The Hall–Kier alpha value is -2.68. The standard InChI is InChI=1S/C27H31Cl2N7O/c1-33(2)25(37)23-22(28)21-16-35(12-7-13-36(21)32-23)24-18-15-34(3)27(14-20(18)30-26(29)31-24)11-6-9-17-8-4-5-10-19(17)27/h4-5,8,10H,6-7,9,11-16H2,1-3H3/t27-/m0/s1. The lowest BCUT2D eigenvalue weighted by Gasteiger charge is -2.49. The van der Waals surface area contributed by atoms with Crippen LogP contribution in [0.2, 0.25) is 10.3 Å². The molecule has 1 atom stereocenters. The minimum absolute atomic E-state index is 0.0844. The number of carbonyl (C=O) groups excluding carboxylic acids is 1. The van der Waals surface area contributed by atoms with Crippen molar-refractivity contribution in [2.75, 3.05) is 32.6 Å². The third-order valence-corrected chi connectivity index (χ3v) is 8.79. The number of amides is 1. The number of likely N-dealkylation sites (N-methyl/N-ethyl adjacent to an activating group) is 1. The highest BCUT2D eigenvalue weighted by Gasteiger charge is 2.45. The normalized spacial score (nSPS) is 21.3. The Morgan fingerprint density at radius 1 is 1.08 bits per heavy atom. The predicted octanol–water partition coefficient (Wildman–Crippen LogP) is 4.31. The van der Waals surface area contributed by atoms with E-state index in [9.17, 15) is 4.79 Å². The third-order valence-electron chi connectivity index (χ3n) is 8.23. The molecule has 0 bridgehead atoms. The SMILES string of the molecule is CN(C)C(=O)c1nn2c(c1Cl)CN(c1nc(Cl)nc3c1CN(C)[C@@]1(CCCc4ccccc41)C3)CCC2. The van der Waals surface area contributed by atoms with E-state index in [0.717, 1.165) is 68.0 Å². The van der Waals surface area contributed by atoms with E-state index in [0.29, 0.717) is 23.8 Å². The number of carbonyl (C=O) groups is 1. The highest BCUT2D eigenvalue weighted by atomic mass is 35.5. The van der Waals surface area contributed by atoms with Gasteiger partial charge in [0.25, 0.3) is 5.91 Å². The fourth-order valence-corrected chi connectivity index (χ4v) is 6.81. The summed E-state index contributed by atoms with van der Waals surface area (Å²) in [6, 6.07) is 8.83. The molecule has 0 fully saturated rings. The van der Waals surface area contributed by atoms with Crippen LogP contribution < -0.4 is 4.90 Å². The monoisotopic (exact) mass is 539 g/mol. The van der Waals surface area contributed by atoms with Gasteiger partial charge in [-0.1, -0.05) is 35.9 Å². The van der Waals surface area contributed by atoms with E-state index in [-0.39, 0.29) is 16.7 Å². The fraction of sp³-hybridized carbons (Fsp3) is 0.481. The molecule has 0 N–H and O–H groups in total. The maximum absolute atomic E-state index is 12.6. The van der Waals surface area contributed by atoms with Gasteiger partial charge in [-0.2, -0.15) is 5.10 Å². The summed E-state index contributed by atoms with van der Waals surface area (Å²) in [5, 5.41) is 5.23. The first kappa shape index (κ1) is 24.6. The van der Waals surface area contributed by atoms with Gasteiger partial charge in [0.15, 0.2) is 5.69 Å². The molecule has 1 amide bonds. The smallest absolute Gasteiger partial charge is 0.275 e. The van der Waals surface area contributed by atoms with Crippen molar-refractivity contribution in [3.05, 3.63) is 68.3 Å². The van der Waals surface area contributed by atoms with Gasteiger partial charge >= 0.3 is 0 Å². The van der Waals surface area contributed by atoms with Crippen LogP contribution in [0, 0.1) is 0 Å². The molecular formula is C27H31Cl2N7O. The van der Waals surface area contributed by atoms with Crippen LogP contribution in [0.5, 0.6) is 0 Å². The molecule has 0 unspecified atom stereocenters. The fourth-order valence-electron chi connectivity index (χ4n) is 6.35. The predicted molar refractivity (Wildman–Crippen MR) is 144 cm³/mol. The maximum atomic E-state index is 12.6. The maximum Gasteiger partial charge on any atom is 0.275 e. The Bertz CT molecular complexity index is 1390. The number of benzene rings is 1. The molecule has 0 radical (unpaired) electrons. The summed E-state index contributed by atoms with van der Waals surface area (Å²) in [7, 11) is 5.63. The Kier molecular flexibility index (Phi) is 6.17. The molecule has 8 nitrogen and oxygen atoms in total. The number of fused-ring (bicyclic) bond motifs is 4. The van der Waals surface area contributed by atoms with Gasteiger partial charge in [-0.25, -0.2) is 9.97 Å². The van der Waals surface area contributed by atoms with E-state index in [1.165, 1.54) is 16.0 Å². The van der Waals surface area contributed by atoms with Crippen LogP contribution in [0.25, 0.3) is 0 Å². The summed E-state index contributed by atoms with van der Waals surface area (Å²) < 4.78 is 1.87. The molecule has 6 rings (SSSR count). The van der Waals surface area contributed by atoms with Crippen molar-refractivity contribution in [1.29, 1.82) is 0 Å². The summed E-state index contributed by atoms with van der Waals surface area (Å²) in [6.45, 7) is 2.72. The van der Waals surface area contributed by atoms with E-state index in [1.807, 2.05) is 4.68 Å². The summed E-state index contributed by atoms with van der Waals surface area (Å²) >= 11 is 13.3. The molecule has 4 heterocycles. The number of hydrogen-bond donors (Lipinski definition) is 0. The molecule has 2 aliphatic heterocycles. The van der Waals surface area contributed by atoms with E-state index < -0.39 is 0 Å². The zero-order chi connectivity index (χ0) is 25.9. The minimum Gasteiger partial charge on any atom is -0.350 e. The number of hydrogen-bond acceptors (Lipinski definition) is 6. The van der Waals surface area contributed by atoms with Gasteiger partial charge < -0.3 is 9.80 Å². The quantitative estimate of drug-likeness (QED) is 0.452. The van der Waals surface area contributed by atoms with Gasteiger partial charge in [-0.05, 0) is 55.5 Å². The highest BCUT2D eigenvalue weighted by molar-refractivity contribution is 6.34. The average molecular weight is 540 g/mol. The second-order valence-electron chi connectivity index (χ2n) is 10.6. The first-order valence-electron chi connectivity index (χ1n) is 12.8. The summed E-state index contributed by atoms with van der Waals surface area (Å²) in [5.74, 6) is 0.659. The molecule has 1 spiro atoms. The number of halogens is 2. The van der Waals surface area contributed by atoms with E-state index in [2.05, 4.69) is 46.2 Å². The number of rotatable bonds is 2. The van der Waals surface area contributed by atoms with Gasteiger partial charge in [0.2, 0.25) is 5.28 Å². The van der Waals surface area contributed by atoms with Crippen molar-refractivity contribution in [1.82, 2.24) is 29.5 Å². The van der Waals surface area contributed by atoms with Gasteiger partial charge in [0, 0.05) is 45.7 Å². The van der Waals surface area contributed by atoms with Crippen molar-refractivity contribution in [3.63, 3.8) is 0 Å². The number of aromatic nitrogens is 4. The minimum atomic E-state index is -0.195. The Morgan fingerprint density at radius 2 is 1.89 bits per heavy atom. The summed E-state index contributed by atoms with van der Waals surface area (Å²) in [6.07, 6.45) is 5.03. The Morgan fingerprint density at radius 3 is 2.70 bits per heavy atom. The lowest BCUT2D eigenvalue weighted by Crippen LogP contribution is -2.51. The van der Waals surface area contributed by atoms with Crippen LogP contribution in [0.15, 0.2) is 24.3 Å². The number of nitrogens with zero attached hydrogens (tertiary/aromatic N) is 7. The Labute approximate surface area is 227 Å². The van der Waals surface area contributed by atoms with Crippen molar-refractivity contribution >= 4 is 34.9 Å². The zero-order valence-corrected chi connectivity index (χ0v) is 23.0. The molecular weight excluding hydrogens is 509 g/mol. The lowest BCUT2D eigenvalue weighted by atomic mass is 9.71. The molecule has 2 aromatic heterocycles. The van der Waals surface area contributed by atoms with Crippen LogP contribution in [-0.4, -0.2) is 63.1 Å². The van der Waals surface area contributed by atoms with Crippen molar-refractivity contribution in [2.24, 2.45) is 0 Å². The van der Waals surface area contributed by atoms with Gasteiger partial charge in [0.05, 0.1) is 28.5 Å². The third kappa shape index (κ3) is 4.01. The highest BCUT2D eigenvalue weighted by Crippen LogP contribution is 2.47. The Balaban J connectivity index is 1.39. The van der Waals surface area contributed by atoms with Crippen molar-refractivity contribution in [3.8, 4) is 0 Å². The molecule has 0 saturated heterocycles. The van der Waals surface area contributed by atoms with Gasteiger partial charge in [-0.15, -0.1) is 0 Å². The topological polar surface area (TPSA) is 70.4 Å². The molecule has 0 saturated carbocycles. The average Bonchev–Trinajstić information content (AvgIpc) is 3.04. The molecule has 3 aromatic rings. The summed E-state index contributed by atoms with van der Waals surface area (Å²) in [4.78, 5) is 28.4. The second-order valence-corrected chi connectivity index (χ2v) is 11.3. The number of anilines is 1.